The quantitative estimate of drug-likeness (QED) is 0.407. The molecule has 5 nitrogen and oxygen atoms in total. The Hall–Kier alpha value is 0.0169. The third kappa shape index (κ3) is 3.61. The number of aliphatic hydroxyl groups is 1. The Morgan fingerprint density at radius 1 is 1.33 bits per heavy atom. The molecule has 0 aromatic heterocycles. The van der Waals surface area contributed by atoms with Crippen molar-refractivity contribution in [1.29, 1.82) is 0 Å². The van der Waals surface area contributed by atoms with E-state index < -0.39 is 8.80 Å². The maximum absolute atomic E-state index is 8.93. The monoisotopic (exact) mass is 195 g/mol. The fourth-order valence-corrected chi connectivity index (χ4v) is 1.89. The molecule has 0 aromatic rings. The van der Waals surface area contributed by atoms with Crippen LogP contribution in [0.2, 0.25) is 0 Å². The number of aliphatic hydroxyl groups excluding tert-OH is 1. The molecule has 74 valence electrons. The molecule has 0 saturated heterocycles. The molecule has 0 radical (unpaired) electrons. The molecule has 0 spiro atoms. The maximum atomic E-state index is 8.93. The van der Waals surface area contributed by atoms with Crippen LogP contribution in [0.3, 0.4) is 0 Å². The number of hydrogen-bond donors (Lipinski definition) is 2. The summed E-state index contributed by atoms with van der Waals surface area (Å²) < 4.78 is 15.3. The van der Waals surface area contributed by atoms with Gasteiger partial charge in [0.1, 0.15) is 6.23 Å². The lowest BCUT2D eigenvalue weighted by molar-refractivity contribution is 0.0738. The first-order chi connectivity index (χ1) is 5.74. The van der Waals surface area contributed by atoms with Crippen molar-refractivity contribution in [3.05, 3.63) is 0 Å². The van der Waals surface area contributed by atoms with Crippen LogP contribution in [0.25, 0.3) is 0 Å². The third-order valence-corrected chi connectivity index (χ3v) is 3.76. The maximum Gasteiger partial charge on any atom is 0.527 e. The van der Waals surface area contributed by atoms with E-state index in [9.17, 15) is 0 Å². The van der Waals surface area contributed by atoms with Gasteiger partial charge in [0.2, 0.25) is 0 Å². The van der Waals surface area contributed by atoms with Crippen molar-refractivity contribution in [2.75, 3.05) is 33.6 Å². The summed E-state index contributed by atoms with van der Waals surface area (Å²) >= 11 is 0. The largest absolute Gasteiger partial charge is 0.527 e. The van der Waals surface area contributed by atoms with E-state index in [-0.39, 0.29) is 6.23 Å². The SMILES string of the molecule is CO[Si](CO)(OC)OCCCN. The van der Waals surface area contributed by atoms with Crippen LogP contribution in [0, 0.1) is 0 Å². The van der Waals surface area contributed by atoms with Gasteiger partial charge in [-0.3, -0.25) is 0 Å². The molecule has 0 aromatic carbocycles. The van der Waals surface area contributed by atoms with E-state index in [2.05, 4.69) is 0 Å². The summed E-state index contributed by atoms with van der Waals surface area (Å²) in [6.07, 6.45) is 0.534. The molecular formula is C6H17NO4Si. The van der Waals surface area contributed by atoms with Gasteiger partial charge in [-0.05, 0) is 13.0 Å². The van der Waals surface area contributed by atoms with E-state index >= 15 is 0 Å². The van der Waals surface area contributed by atoms with Crippen molar-refractivity contribution in [2.24, 2.45) is 5.73 Å². The fraction of sp³-hybridized carbons (Fsp3) is 1.00. The highest BCUT2D eigenvalue weighted by molar-refractivity contribution is 6.60. The minimum atomic E-state index is -2.75. The van der Waals surface area contributed by atoms with Gasteiger partial charge in [0.15, 0.2) is 0 Å². The van der Waals surface area contributed by atoms with Gasteiger partial charge in [-0.15, -0.1) is 0 Å². The highest BCUT2D eigenvalue weighted by Crippen LogP contribution is 2.05. The molecule has 0 aliphatic carbocycles. The zero-order valence-corrected chi connectivity index (χ0v) is 8.58. The van der Waals surface area contributed by atoms with E-state index in [1.807, 2.05) is 0 Å². The Labute approximate surface area is 73.8 Å². The number of nitrogens with two attached hydrogens (primary N) is 1. The Kier molecular flexibility index (Phi) is 6.53. The summed E-state index contributed by atoms with van der Waals surface area (Å²) in [5.74, 6) is 0. The third-order valence-electron chi connectivity index (χ3n) is 1.49. The summed E-state index contributed by atoms with van der Waals surface area (Å²) in [6.45, 7) is 1.02. The van der Waals surface area contributed by atoms with Gasteiger partial charge in [0.25, 0.3) is 0 Å². The second-order valence-electron chi connectivity index (χ2n) is 2.24. The minimum Gasteiger partial charge on any atom is -0.392 e. The molecule has 0 aliphatic rings. The van der Waals surface area contributed by atoms with Crippen LogP contribution in [0.4, 0.5) is 0 Å². The summed E-state index contributed by atoms with van der Waals surface area (Å²) in [5.41, 5.74) is 5.27. The minimum absolute atomic E-state index is 0.204. The topological polar surface area (TPSA) is 73.9 Å². The molecule has 12 heavy (non-hydrogen) atoms. The average molecular weight is 195 g/mol. The summed E-state index contributed by atoms with van der Waals surface area (Å²) in [4.78, 5) is 0. The number of rotatable bonds is 7. The molecule has 0 saturated carbocycles. The van der Waals surface area contributed by atoms with Gasteiger partial charge in [0.05, 0.1) is 0 Å². The molecule has 0 fully saturated rings. The first kappa shape index (κ1) is 12.0. The van der Waals surface area contributed by atoms with Crippen LogP contribution >= 0.6 is 0 Å². The van der Waals surface area contributed by atoms with Crippen molar-refractivity contribution >= 4 is 8.80 Å². The molecular weight excluding hydrogens is 178 g/mol. The predicted octanol–water partition coefficient (Wildman–Crippen LogP) is -0.885. The Morgan fingerprint density at radius 2 is 1.92 bits per heavy atom. The lowest BCUT2D eigenvalue weighted by atomic mass is 10.5. The lowest BCUT2D eigenvalue weighted by Gasteiger charge is -2.23. The normalized spacial score (nSPS) is 12.0. The van der Waals surface area contributed by atoms with Crippen molar-refractivity contribution < 1.29 is 18.4 Å². The zero-order chi connectivity index (χ0) is 9.45. The lowest BCUT2D eigenvalue weighted by Crippen LogP contribution is -2.48. The van der Waals surface area contributed by atoms with Crippen LogP contribution in [0.1, 0.15) is 6.42 Å². The molecule has 0 amide bonds. The first-order valence-electron chi connectivity index (χ1n) is 3.80. The van der Waals surface area contributed by atoms with E-state index in [0.29, 0.717) is 13.2 Å². The van der Waals surface area contributed by atoms with Gasteiger partial charge in [-0.1, -0.05) is 0 Å². The fourth-order valence-electron chi connectivity index (χ4n) is 0.687. The molecule has 0 atom stereocenters. The second-order valence-corrected chi connectivity index (χ2v) is 5.03. The van der Waals surface area contributed by atoms with Gasteiger partial charge in [0, 0.05) is 20.8 Å². The smallest absolute Gasteiger partial charge is 0.392 e. The van der Waals surface area contributed by atoms with Crippen molar-refractivity contribution in [1.82, 2.24) is 0 Å². The summed E-state index contributed by atoms with van der Waals surface area (Å²) in [7, 11) is 0.179. The second kappa shape index (κ2) is 6.52. The Morgan fingerprint density at radius 3 is 2.25 bits per heavy atom. The molecule has 0 heterocycles. The van der Waals surface area contributed by atoms with Crippen LogP contribution in [-0.4, -0.2) is 47.5 Å². The van der Waals surface area contributed by atoms with Gasteiger partial charge in [-0.25, -0.2) is 0 Å². The Bertz CT molecular complexity index is 101. The Balaban J connectivity index is 3.76. The molecule has 0 rings (SSSR count). The predicted molar refractivity (Wildman–Crippen MR) is 46.5 cm³/mol. The van der Waals surface area contributed by atoms with Crippen molar-refractivity contribution in [3.8, 4) is 0 Å². The van der Waals surface area contributed by atoms with Gasteiger partial charge < -0.3 is 24.1 Å². The molecule has 6 heteroatoms. The molecule has 0 unspecified atom stereocenters. The van der Waals surface area contributed by atoms with Gasteiger partial charge in [-0.2, -0.15) is 0 Å². The van der Waals surface area contributed by atoms with E-state index in [4.69, 9.17) is 24.1 Å². The zero-order valence-electron chi connectivity index (χ0n) is 7.58. The number of hydrogen-bond acceptors (Lipinski definition) is 5. The first-order valence-corrected chi connectivity index (χ1v) is 5.73. The van der Waals surface area contributed by atoms with E-state index in [1.54, 1.807) is 0 Å². The molecule has 0 bridgehead atoms. The highest BCUT2D eigenvalue weighted by Gasteiger charge is 2.38. The van der Waals surface area contributed by atoms with Crippen LogP contribution < -0.4 is 5.73 Å². The van der Waals surface area contributed by atoms with E-state index in [0.717, 1.165) is 6.42 Å². The van der Waals surface area contributed by atoms with Crippen molar-refractivity contribution in [2.45, 2.75) is 6.42 Å². The van der Waals surface area contributed by atoms with Crippen LogP contribution in [0.5, 0.6) is 0 Å². The summed E-state index contributed by atoms with van der Waals surface area (Å²) in [6, 6.07) is 0. The highest BCUT2D eigenvalue weighted by atomic mass is 28.4. The summed E-state index contributed by atoms with van der Waals surface area (Å²) in [5, 5.41) is 8.93. The molecule has 3 N–H and O–H groups in total. The van der Waals surface area contributed by atoms with Gasteiger partial charge >= 0.3 is 8.80 Å². The standard InChI is InChI=1S/C6H17NO4Si/c1-9-12(6-8,10-2)11-5-3-4-7/h8H,3-7H2,1-2H3. The van der Waals surface area contributed by atoms with Crippen LogP contribution in [-0.2, 0) is 13.3 Å². The van der Waals surface area contributed by atoms with Crippen molar-refractivity contribution in [3.63, 3.8) is 0 Å². The van der Waals surface area contributed by atoms with Crippen LogP contribution in [0.15, 0.2) is 0 Å². The molecule has 0 aliphatic heterocycles. The van der Waals surface area contributed by atoms with E-state index in [1.165, 1.54) is 14.2 Å². The average Bonchev–Trinajstić information content (AvgIpc) is 2.14.